The molecule has 2 heteroatoms. The van der Waals surface area contributed by atoms with Crippen LogP contribution in [0.15, 0.2) is 18.2 Å². The fraction of sp³-hybridized carbons (Fsp3) is 0.625. The van der Waals surface area contributed by atoms with E-state index in [0.29, 0.717) is 12.8 Å². The van der Waals surface area contributed by atoms with E-state index in [1.165, 1.54) is 12.8 Å². The van der Waals surface area contributed by atoms with Gasteiger partial charge in [0.1, 0.15) is 6.10 Å². The Balaban J connectivity index is 2.28. The Morgan fingerprint density at radius 3 is 2.28 bits per heavy atom. The first-order valence-corrected chi connectivity index (χ1v) is 7.00. The van der Waals surface area contributed by atoms with Gasteiger partial charge in [0.15, 0.2) is 0 Å². The molecular weight excluding hydrogens is 224 g/mol. The topological polar surface area (TPSA) is 40.5 Å². The van der Waals surface area contributed by atoms with Crippen molar-refractivity contribution in [1.82, 2.24) is 0 Å². The zero-order valence-electron chi connectivity index (χ0n) is 11.4. The lowest BCUT2D eigenvalue weighted by Crippen LogP contribution is -2.36. The van der Waals surface area contributed by atoms with Crippen molar-refractivity contribution in [2.45, 2.75) is 64.1 Å². The number of aliphatic hydroxyl groups excluding tert-OH is 1. The average Bonchev–Trinajstić information content (AvgIpc) is 2.57. The molecular formula is C16H24O2. The first-order chi connectivity index (χ1) is 8.53. The molecule has 18 heavy (non-hydrogen) atoms. The predicted octanol–water partition coefficient (Wildman–Crippen LogP) is 3.42. The lowest BCUT2D eigenvalue weighted by atomic mass is 9.83. The highest BCUT2D eigenvalue weighted by molar-refractivity contribution is 5.33. The zero-order chi connectivity index (χ0) is 13.2. The van der Waals surface area contributed by atoms with E-state index in [1.54, 1.807) is 0 Å². The molecule has 2 nitrogen and oxygen atoms in total. The summed E-state index contributed by atoms with van der Waals surface area (Å²) in [5.74, 6) is 0. The molecule has 100 valence electrons. The van der Waals surface area contributed by atoms with Crippen molar-refractivity contribution >= 4 is 0 Å². The Kier molecular flexibility index (Phi) is 4.08. The molecule has 1 saturated carbocycles. The van der Waals surface area contributed by atoms with E-state index in [4.69, 9.17) is 0 Å². The maximum atomic E-state index is 10.7. The normalized spacial score (nSPS) is 21.3. The summed E-state index contributed by atoms with van der Waals surface area (Å²) in [7, 11) is 0. The molecule has 0 spiro atoms. The molecule has 0 aromatic heterocycles. The van der Waals surface area contributed by atoms with Crippen LogP contribution in [-0.2, 0) is 0 Å². The van der Waals surface area contributed by atoms with Crippen LogP contribution in [-0.4, -0.2) is 15.8 Å². The summed E-state index contributed by atoms with van der Waals surface area (Å²) in [5.41, 5.74) is 2.15. The van der Waals surface area contributed by atoms with Crippen molar-refractivity contribution in [3.05, 3.63) is 34.9 Å². The third-order valence-electron chi connectivity index (χ3n) is 4.21. The van der Waals surface area contributed by atoms with Gasteiger partial charge in [0.25, 0.3) is 0 Å². The first-order valence-electron chi connectivity index (χ1n) is 7.00. The first kappa shape index (κ1) is 13.6. The van der Waals surface area contributed by atoms with Crippen molar-refractivity contribution in [3.8, 4) is 0 Å². The molecule has 1 aliphatic rings. The number of hydrogen-bond donors (Lipinski definition) is 2. The summed E-state index contributed by atoms with van der Waals surface area (Å²) < 4.78 is 0. The van der Waals surface area contributed by atoms with Gasteiger partial charge in [-0.25, -0.2) is 0 Å². The standard InChI is InChI=1S/C16H24O2/c1-12-7-8-13(2)14(11-12)15(17)16(18)9-5-3-4-6-10-16/h7-8,11,15,17-18H,3-6,9-10H2,1-2H3. The van der Waals surface area contributed by atoms with Gasteiger partial charge in [-0.2, -0.15) is 0 Å². The van der Waals surface area contributed by atoms with Crippen LogP contribution >= 0.6 is 0 Å². The molecule has 1 aromatic rings. The van der Waals surface area contributed by atoms with Crippen molar-refractivity contribution in [2.75, 3.05) is 0 Å². The van der Waals surface area contributed by atoms with E-state index in [2.05, 4.69) is 0 Å². The van der Waals surface area contributed by atoms with Gasteiger partial charge in [-0.1, -0.05) is 49.4 Å². The maximum Gasteiger partial charge on any atom is 0.108 e. The molecule has 1 unspecified atom stereocenters. The van der Waals surface area contributed by atoms with E-state index in [1.807, 2.05) is 32.0 Å². The molecule has 1 atom stereocenters. The number of aryl methyl sites for hydroxylation is 2. The molecule has 2 N–H and O–H groups in total. The van der Waals surface area contributed by atoms with Crippen LogP contribution in [0.4, 0.5) is 0 Å². The SMILES string of the molecule is Cc1ccc(C)c(C(O)C2(O)CCCCCC2)c1. The molecule has 2 rings (SSSR count). The summed E-state index contributed by atoms with van der Waals surface area (Å²) in [6.45, 7) is 4.02. The van der Waals surface area contributed by atoms with Gasteiger partial charge < -0.3 is 10.2 Å². The summed E-state index contributed by atoms with van der Waals surface area (Å²) in [5, 5.41) is 21.3. The Hall–Kier alpha value is -0.860. The minimum Gasteiger partial charge on any atom is -0.387 e. The summed E-state index contributed by atoms with van der Waals surface area (Å²) in [6, 6.07) is 6.07. The van der Waals surface area contributed by atoms with Gasteiger partial charge in [0, 0.05) is 0 Å². The van der Waals surface area contributed by atoms with Crippen LogP contribution in [0.5, 0.6) is 0 Å². The van der Waals surface area contributed by atoms with Gasteiger partial charge in [-0.15, -0.1) is 0 Å². The molecule has 1 aliphatic carbocycles. The quantitative estimate of drug-likeness (QED) is 0.787. The zero-order valence-corrected chi connectivity index (χ0v) is 11.4. The lowest BCUT2D eigenvalue weighted by molar-refractivity contribution is -0.0870. The second kappa shape index (κ2) is 5.41. The van der Waals surface area contributed by atoms with Crippen LogP contribution in [0.1, 0.15) is 61.3 Å². The van der Waals surface area contributed by atoms with Gasteiger partial charge in [-0.3, -0.25) is 0 Å². The molecule has 0 saturated heterocycles. The molecule has 1 aromatic carbocycles. The summed E-state index contributed by atoms with van der Waals surface area (Å²) in [4.78, 5) is 0. The highest BCUT2D eigenvalue weighted by Crippen LogP contribution is 2.38. The van der Waals surface area contributed by atoms with E-state index in [9.17, 15) is 10.2 Å². The number of benzene rings is 1. The summed E-state index contributed by atoms with van der Waals surface area (Å²) in [6.07, 6.45) is 5.03. The third-order valence-corrected chi connectivity index (χ3v) is 4.21. The molecule has 0 amide bonds. The van der Waals surface area contributed by atoms with Gasteiger partial charge in [0.05, 0.1) is 5.60 Å². The number of aliphatic hydroxyl groups is 2. The molecule has 0 radical (unpaired) electrons. The number of rotatable bonds is 2. The van der Waals surface area contributed by atoms with Crippen LogP contribution in [0.25, 0.3) is 0 Å². The fourth-order valence-corrected chi connectivity index (χ4v) is 2.96. The van der Waals surface area contributed by atoms with Crippen LogP contribution in [0, 0.1) is 13.8 Å². The highest BCUT2D eigenvalue weighted by atomic mass is 16.3. The highest BCUT2D eigenvalue weighted by Gasteiger charge is 2.37. The van der Waals surface area contributed by atoms with Gasteiger partial charge in [0.2, 0.25) is 0 Å². The van der Waals surface area contributed by atoms with Crippen LogP contribution in [0.3, 0.4) is 0 Å². The van der Waals surface area contributed by atoms with E-state index >= 15 is 0 Å². The van der Waals surface area contributed by atoms with E-state index < -0.39 is 11.7 Å². The third kappa shape index (κ3) is 2.76. The number of hydrogen-bond acceptors (Lipinski definition) is 2. The molecule has 0 bridgehead atoms. The summed E-state index contributed by atoms with van der Waals surface area (Å²) >= 11 is 0. The van der Waals surface area contributed by atoms with Crippen molar-refractivity contribution in [2.24, 2.45) is 0 Å². The van der Waals surface area contributed by atoms with Crippen molar-refractivity contribution < 1.29 is 10.2 Å². The molecule has 0 heterocycles. The minimum atomic E-state index is -0.935. The monoisotopic (exact) mass is 248 g/mol. The molecule has 0 aliphatic heterocycles. The van der Waals surface area contributed by atoms with E-state index in [-0.39, 0.29) is 0 Å². The van der Waals surface area contributed by atoms with Gasteiger partial charge >= 0.3 is 0 Å². The van der Waals surface area contributed by atoms with E-state index in [0.717, 1.165) is 29.5 Å². The smallest absolute Gasteiger partial charge is 0.108 e. The predicted molar refractivity (Wildman–Crippen MR) is 73.5 cm³/mol. The van der Waals surface area contributed by atoms with Crippen molar-refractivity contribution in [1.29, 1.82) is 0 Å². The van der Waals surface area contributed by atoms with Crippen LogP contribution < -0.4 is 0 Å². The minimum absolute atomic E-state index is 0.710. The Labute approximate surface area is 110 Å². The Morgan fingerprint density at radius 1 is 1.06 bits per heavy atom. The second-order valence-electron chi connectivity index (χ2n) is 5.78. The van der Waals surface area contributed by atoms with Crippen LogP contribution in [0.2, 0.25) is 0 Å². The second-order valence-corrected chi connectivity index (χ2v) is 5.78. The lowest BCUT2D eigenvalue weighted by Gasteiger charge is -2.33. The Bertz CT molecular complexity index is 404. The van der Waals surface area contributed by atoms with Crippen molar-refractivity contribution in [3.63, 3.8) is 0 Å². The molecule has 1 fully saturated rings. The fourth-order valence-electron chi connectivity index (χ4n) is 2.96. The Morgan fingerprint density at radius 2 is 1.67 bits per heavy atom. The largest absolute Gasteiger partial charge is 0.387 e. The van der Waals surface area contributed by atoms with Gasteiger partial charge in [-0.05, 0) is 37.8 Å². The average molecular weight is 248 g/mol. The maximum absolute atomic E-state index is 10.7.